The molecule has 2 amide bonds. The maximum Gasteiger partial charge on any atom is 0.433 e. The zero-order chi connectivity index (χ0) is 45.9. The summed E-state index contributed by atoms with van der Waals surface area (Å²) >= 11 is 0. The highest BCUT2D eigenvalue weighted by Gasteiger charge is 2.32. The van der Waals surface area contributed by atoms with E-state index >= 15 is 0 Å². The predicted molar refractivity (Wildman–Crippen MR) is 242 cm³/mol. The monoisotopic (exact) mass is 904 g/mol. The Hall–Kier alpha value is -5.70. The molecule has 0 atom stereocenters. The lowest BCUT2D eigenvalue weighted by Crippen LogP contribution is -2.49. The third-order valence-electron chi connectivity index (χ3n) is 10.8. The van der Waals surface area contributed by atoms with Crippen molar-refractivity contribution in [3.63, 3.8) is 0 Å². The van der Waals surface area contributed by atoms with Crippen molar-refractivity contribution in [2.45, 2.75) is 25.7 Å². The molecule has 2 saturated heterocycles. The van der Waals surface area contributed by atoms with Crippen molar-refractivity contribution in [2.24, 2.45) is 0 Å². The molecule has 0 bridgehead atoms. The second-order valence-electron chi connectivity index (χ2n) is 15.5. The van der Waals surface area contributed by atoms with Gasteiger partial charge in [0.15, 0.2) is 0 Å². The van der Waals surface area contributed by atoms with Crippen LogP contribution in [0.25, 0.3) is 0 Å². The average molecular weight is 905 g/mol. The van der Waals surface area contributed by atoms with Crippen LogP contribution in [0, 0.1) is 0 Å². The fourth-order valence-electron chi connectivity index (χ4n) is 7.24. The van der Waals surface area contributed by atoms with Gasteiger partial charge in [-0.05, 0) is 47.5 Å². The number of benzene rings is 2. The van der Waals surface area contributed by atoms with Crippen LogP contribution < -0.4 is 20.9 Å². The van der Waals surface area contributed by atoms with Crippen LogP contribution >= 0.6 is 0 Å². The van der Waals surface area contributed by atoms with Crippen LogP contribution in [-0.4, -0.2) is 154 Å². The second kappa shape index (κ2) is 25.1. The van der Waals surface area contributed by atoms with E-state index in [9.17, 15) is 22.8 Å². The molecule has 4 heterocycles. The van der Waals surface area contributed by atoms with Crippen LogP contribution in [-0.2, 0) is 43.1 Å². The number of aromatic nitrogens is 3. The standard InChI is InChI=1S/C46H59F3N10O6/c1-3-16-50-44(61)39-32-51-45(55-43(39)54-41-6-4-5-40(53-41)46(47,48)49)52-37-11-13-38(14-12-37)58-21-23-59(24-22-58)42(60)15-26-63-28-30-65-31-29-64-27-25-56-17-19-57(20-18-56)33-35-7-9-36(10-8-35)34-62-2/h3-14,32H,1,15-31,33-34H2,2H3,(H,50,61)(H2,51,52,53,54,55). The Kier molecular flexibility index (Phi) is 18.8. The second-order valence-corrected chi connectivity index (χ2v) is 15.5. The quantitative estimate of drug-likeness (QED) is 0.0611. The van der Waals surface area contributed by atoms with E-state index in [0.717, 1.165) is 51.0 Å². The first kappa shape index (κ1) is 48.7. The Morgan fingerprint density at radius 3 is 2.11 bits per heavy atom. The first-order valence-electron chi connectivity index (χ1n) is 21.8. The number of nitrogens with one attached hydrogen (secondary N) is 3. The lowest BCUT2D eigenvalue weighted by atomic mass is 10.1. The van der Waals surface area contributed by atoms with Crippen molar-refractivity contribution < 1.29 is 41.7 Å². The van der Waals surface area contributed by atoms with Gasteiger partial charge in [-0.3, -0.25) is 19.4 Å². The van der Waals surface area contributed by atoms with E-state index in [1.807, 2.05) is 29.2 Å². The number of amides is 2. The highest BCUT2D eigenvalue weighted by molar-refractivity contribution is 5.99. The van der Waals surface area contributed by atoms with E-state index in [4.69, 9.17) is 18.9 Å². The first-order valence-corrected chi connectivity index (χ1v) is 21.8. The molecule has 2 aliphatic rings. The minimum absolute atomic E-state index is 0.00356. The number of piperazine rings is 2. The van der Waals surface area contributed by atoms with Crippen LogP contribution in [0.5, 0.6) is 0 Å². The van der Waals surface area contributed by atoms with Crippen LogP contribution in [0.4, 0.5) is 42.1 Å². The van der Waals surface area contributed by atoms with Gasteiger partial charge in [-0.2, -0.15) is 18.2 Å². The van der Waals surface area contributed by atoms with E-state index in [1.165, 1.54) is 35.5 Å². The largest absolute Gasteiger partial charge is 0.433 e. The van der Waals surface area contributed by atoms with E-state index in [-0.39, 0.29) is 35.6 Å². The van der Waals surface area contributed by atoms with Gasteiger partial charge >= 0.3 is 6.18 Å². The SMILES string of the molecule is C=CCNC(=O)c1cnc(Nc2ccc(N3CCN(C(=O)CCOCCOCCOCCN4CCN(Cc5ccc(COC)cc5)CC4)CC3)cc2)nc1Nc1cccc(C(F)(F)F)n1. The number of rotatable bonds is 24. The number of carbonyl (C=O) groups excluding carboxylic acids is 2. The summed E-state index contributed by atoms with van der Waals surface area (Å²) < 4.78 is 62.2. The molecule has 2 aliphatic heterocycles. The Labute approximate surface area is 378 Å². The number of hydrogen-bond acceptors (Lipinski definition) is 14. The van der Waals surface area contributed by atoms with E-state index in [2.05, 4.69) is 76.4 Å². The molecule has 16 nitrogen and oxygen atoms in total. The number of alkyl halides is 3. The molecular weight excluding hydrogens is 846 g/mol. The predicted octanol–water partition coefficient (Wildman–Crippen LogP) is 5.35. The molecule has 2 fully saturated rings. The van der Waals surface area contributed by atoms with E-state index in [0.29, 0.717) is 84.5 Å². The molecule has 65 heavy (non-hydrogen) atoms. The van der Waals surface area contributed by atoms with Gasteiger partial charge in [0.05, 0.1) is 52.7 Å². The van der Waals surface area contributed by atoms with Gasteiger partial charge in [-0.25, -0.2) is 9.97 Å². The zero-order valence-electron chi connectivity index (χ0n) is 36.9. The Morgan fingerprint density at radius 1 is 0.769 bits per heavy atom. The molecule has 2 aromatic heterocycles. The van der Waals surface area contributed by atoms with Crippen molar-refractivity contribution in [1.82, 2.24) is 35.0 Å². The molecule has 4 aromatic rings. The number of anilines is 5. The summed E-state index contributed by atoms with van der Waals surface area (Å²) in [5, 5.41) is 8.43. The van der Waals surface area contributed by atoms with Crippen LogP contribution in [0.15, 0.2) is 85.6 Å². The van der Waals surface area contributed by atoms with Gasteiger partial charge in [-0.15, -0.1) is 6.58 Å². The summed E-state index contributed by atoms with van der Waals surface area (Å²) in [6, 6.07) is 19.6. The fourth-order valence-corrected chi connectivity index (χ4v) is 7.24. The number of methoxy groups -OCH3 is 1. The number of nitrogens with zero attached hydrogens (tertiary/aromatic N) is 7. The van der Waals surface area contributed by atoms with Crippen molar-refractivity contribution in [3.05, 3.63) is 108 Å². The molecule has 350 valence electrons. The molecule has 0 unspecified atom stereocenters. The lowest BCUT2D eigenvalue weighted by molar-refractivity contribution is -0.141. The van der Waals surface area contributed by atoms with Crippen LogP contribution in [0.1, 0.15) is 33.6 Å². The Morgan fingerprint density at radius 2 is 1.43 bits per heavy atom. The third-order valence-corrected chi connectivity index (χ3v) is 10.8. The Balaban J connectivity index is 0.819. The molecule has 0 radical (unpaired) electrons. The molecule has 6 rings (SSSR count). The van der Waals surface area contributed by atoms with Gasteiger partial charge in [-0.1, -0.05) is 36.4 Å². The van der Waals surface area contributed by atoms with Gasteiger partial charge < -0.3 is 44.7 Å². The summed E-state index contributed by atoms with van der Waals surface area (Å²) in [6.07, 6.45) is -1.59. The lowest BCUT2D eigenvalue weighted by Gasteiger charge is -2.36. The third kappa shape index (κ3) is 15.8. The number of hydrogen-bond donors (Lipinski definition) is 3. The highest BCUT2D eigenvalue weighted by Crippen LogP contribution is 2.29. The van der Waals surface area contributed by atoms with E-state index in [1.54, 1.807) is 7.11 Å². The number of halogens is 3. The average Bonchev–Trinajstić information content (AvgIpc) is 3.31. The summed E-state index contributed by atoms with van der Waals surface area (Å²) in [4.78, 5) is 46.9. The molecule has 3 N–H and O–H groups in total. The maximum atomic E-state index is 13.3. The van der Waals surface area contributed by atoms with Crippen molar-refractivity contribution in [1.29, 1.82) is 0 Å². The molecule has 0 aliphatic carbocycles. The summed E-state index contributed by atoms with van der Waals surface area (Å²) in [7, 11) is 1.71. The van der Waals surface area contributed by atoms with Gasteiger partial charge in [0.1, 0.15) is 22.9 Å². The zero-order valence-corrected chi connectivity index (χ0v) is 36.9. The molecule has 19 heteroatoms. The summed E-state index contributed by atoms with van der Waals surface area (Å²) in [5.74, 6) is -0.583. The smallest absolute Gasteiger partial charge is 0.380 e. The molecule has 0 spiro atoms. The summed E-state index contributed by atoms with van der Waals surface area (Å²) in [6.45, 7) is 15.8. The fraction of sp³-hybridized carbons (Fsp3) is 0.457. The topological polar surface area (TPSA) is 159 Å². The minimum Gasteiger partial charge on any atom is -0.380 e. The highest BCUT2D eigenvalue weighted by atomic mass is 19.4. The minimum atomic E-state index is -4.65. The van der Waals surface area contributed by atoms with E-state index < -0.39 is 17.8 Å². The summed E-state index contributed by atoms with van der Waals surface area (Å²) in [5.41, 5.74) is 3.04. The number of ether oxygens (including phenoxy) is 4. The Bertz CT molecular complexity index is 2100. The van der Waals surface area contributed by atoms with Gasteiger partial charge in [0.25, 0.3) is 5.91 Å². The number of carbonyl (C=O) groups is 2. The van der Waals surface area contributed by atoms with Crippen molar-refractivity contribution >= 4 is 40.8 Å². The molecule has 0 saturated carbocycles. The van der Waals surface area contributed by atoms with Crippen molar-refractivity contribution in [3.8, 4) is 0 Å². The molecule has 2 aromatic carbocycles. The van der Waals surface area contributed by atoms with Crippen molar-refractivity contribution in [2.75, 3.05) is 128 Å². The van der Waals surface area contributed by atoms with Crippen LogP contribution in [0.2, 0.25) is 0 Å². The first-order chi connectivity index (χ1) is 31.6. The van der Waals surface area contributed by atoms with Gasteiger partial charge in [0.2, 0.25) is 11.9 Å². The maximum absolute atomic E-state index is 13.3. The molecular formula is C46H59F3N10O6. The normalized spacial score (nSPS) is 14.9. The number of pyridine rings is 1. The van der Waals surface area contributed by atoms with Gasteiger partial charge in [0, 0.05) is 96.7 Å². The van der Waals surface area contributed by atoms with Crippen LogP contribution in [0.3, 0.4) is 0 Å².